The van der Waals surface area contributed by atoms with Crippen molar-refractivity contribution in [3.05, 3.63) is 125 Å². The van der Waals surface area contributed by atoms with Crippen molar-refractivity contribution in [3.63, 3.8) is 0 Å². The van der Waals surface area contributed by atoms with E-state index in [0.717, 1.165) is 47.5 Å². The monoisotopic (exact) mass is 791 g/mol. The first-order valence-corrected chi connectivity index (χ1v) is 20.3. The lowest BCUT2D eigenvalue weighted by molar-refractivity contribution is -0.138. The number of fused-ring (bicyclic) bond motifs is 3. The smallest absolute Gasteiger partial charge is 0.407 e. The number of nitrogens with zero attached hydrogens (tertiary/aromatic N) is 2. The fourth-order valence-electron chi connectivity index (χ4n) is 8.43. The zero-order chi connectivity index (χ0) is 40.6. The molecule has 3 aliphatic rings. The van der Waals surface area contributed by atoms with Gasteiger partial charge in [0.2, 0.25) is 23.6 Å². The molecule has 4 amide bonds. The molecule has 0 bridgehead atoms. The minimum atomic E-state index is -2.82. The first-order valence-electron chi connectivity index (χ1n) is 20.3. The van der Waals surface area contributed by atoms with Crippen LogP contribution < -0.4 is 16.0 Å². The highest BCUT2D eigenvalue weighted by Crippen LogP contribution is 2.44. The molecule has 3 N–H and O–H groups in total. The summed E-state index contributed by atoms with van der Waals surface area (Å²) >= 11 is 0. The number of amides is 4. The first-order chi connectivity index (χ1) is 28.1. The lowest BCUT2D eigenvalue weighted by Crippen LogP contribution is -2.55. The Labute approximate surface area is 338 Å². The summed E-state index contributed by atoms with van der Waals surface area (Å²) in [7, 11) is 0. The van der Waals surface area contributed by atoms with Gasteiger partial charge in [0.05, 0.1) is 0 Å². The fraction of sp³-hybridized carbons (Fsp3) is 0.391. The van der Waals surface area contributed by atoms with Gasteiger partial charge in [0.15, 0.2) is 0 Å². The molecule has 10 nitrogen and oxygen atoms in total. The normalized spacial score (nSPS) is 17.7. The summed E-state index contributed by atoms with van der Waals surface area (Å²) in [6, 6.07) is 31.2. The quantitative estimate of drug-likeness (QED) is 0.133. The molecule has 2 aliphatic carbocycles. The highest BCUT2D eigenvalue weighted by molar-refractivity contribution is 5.97. The van der Waals surface area contributed by atoms with Gasteiger partial charge in [-0.25, -0.2) is 13.6 Å². The summed E-state index contributed by atoms with van der Waals surface area (Å²) in [4.78, 5) is 57.6. The lowest BCUT2D eigenvalue weighted by Gasteiger charge is -2.36. The van der Waals surface area contributed by atoms with Crippen LogP contribution in [0.4, 0.5) is 19.3 Å². The molecule has 0 spiro atoms. The van der Waals surface area contributed by atoms with Crippen LogP contribution in [0.5, 0.6) is 0 Å². The summed E-state index contributed by atoms with van der Waals surface area (Å²) in [6.07, 6.45) is -0.921. The number of anilines is 1. The van der Waals surface area contributed by atoms with Crippen LogP contribution in [0.25, 0.3) is 11.1 Å². The Kier molecular flexibility index (Phi) is 12.8. The van der Waals surface area contributed by atoms with Crippen molar-refractivity contribution >= 4 is 29.5 Å². The number of nitrogens with one attached hydrogen (secondary N) is 3. The summed E-state index contributed by atoms with van der Waals surface area (Å²) in [5, 5.41) is 8.49. The maximum absolute atomic E-state index is 14.2. The van der Waals surface area contributed by atoms with Crippen LogP contribution in [-0.4, -0.2) is 84.4 Å². The second-order valence-corrected chi connectivity index (χ2v) is 15.6. The van der Waals surface area contributed by atoms with Crippen molar-refractivity contribution in [1.29, 1.82) is 0 Å². The molecule has 12 heteroatoms. The van der Waals surface area contributed by atoms with E-state index in [-0.39, 0.29) is 62.9 Å². The number of halogens is 2. The second kappa shape index (κ2) is 18.3. The molecule has 0 radical (unpaired) electrons. The van der Waals surface area contributed by atoms with Crippen LogP contribution >= 0.6 is 0 Å². The minimum Gasteiger partial charge on any atom is -0.449 e. The largest absolute Gasteiger partial charge is 0.449 e. The van der Waals surface area contributed by atoms with Crippen LogP contribution in [0.15, 0.2) is 103 Å². The molecule has 1 heterocycles. The maximum Gasteiger partial charge on any atom is 0.407 e. The number of benzene rings is 4. The van der Waals surface area contributed by atoms with E-state index < -0.39 is 35.9 Å². The Morgan fingerprint density at radius 1 is 0.759 bits per heavy atom. The SMILES string of the molecule is CCC(=O)N[C@H](Cc1ccc(NC(=O)[C@@H](NC(=O)OCC2c3ccccc3-c3ccccc32)C2CCC(F)(F)CC2)cc1)C(=O)N1CCN(Cc2ccccc2)CC1. The van der Waals surface area contributed by atoms with Gasteiger partial charge in [-0.1, -0.05) is 97.9 Å². The molecule has 4 aromatic carbocycles. The molecule has 0 aromatic heterocycles. The molecular formula is C46H51F2N5O5. The van der Waals surface area contributed by atoms with Crippen molar-refractivity contribution in [2.75, 3.05) is 38.1 Å². The number of carbonyl (C=O) groups excluding carboxylic acids is 4. The van der Waals surface area contributed by atoms with Gasteiger partial charge in [-0.05, 0) is 64.3 Å². The predicted octanol–water partition coefficient (Wildman–Crippen LogP) is 7.14. The third kappa shape index (κ3) is 9.90. The molecule has 1 aliphatic heterocycles. The lowest BCUT2D eigenvalue weighted by atomic mass is 9.81. The van der Waals surface area contributed by atoms with Gasteiger partial charge < -0.3 is 25.6 Å². The highest BCUT2D eigenvalue weighted by Gasteiger charge is 2.41. The Hall–Kier alpha value is -5.62. The van der Waals surface area contributed by atoms with Crippen LogP contribution in [-0.2, 0) is 32.1 Å². The molecule has 7 rings (SSSR count). The van der Waals surface area contributed by atoms with Gasteiger partial charge >= 0.3 is 6.09 Å². The zero-order valence-electron chi connectivity index (χ0n) is 32.8. The second-order valence-electron chi connectivity index (χ2n) is 15.6. The fourth-order valence-corrected chi connectivity index (χ4v) is 8.43. The van der Waals surface area contributed by atoms with E-state index in [4.69, 9.17) is 4.74 Å². The van der Waals surface area contributed by atoms with Crippen molar-refractivity contribution < 1.29 is 32.7 Å². The zero-order valence-corrected chi connectivity index (χ0v) is 32.8. The molecule has 0 unspecified atom stereocenters. The molecular weight excluding hydrogens is 741 g/mol. The van der Waals surface area contributed by atoms with Crippen molar-refractivity contribution in [1.82, 2.24) is 20.4 Å². The van der Waals surface area contributed by atoms with Crippen LogP contribution in [0.1, 0.15) is 67.2 Å². The number of rotatable bonds is 13. The molecule has 304 valence electrons. The summed E-state index contributed by atoms with van der Waals surface area (Å²) in [5.74, 6) is -4.42. The average molecular weight is 792 g/mol. The number of carbonyl (C=O) groups is 4. The van der Waals surface area contributed by atoms with Crippen molar-refractivity contribution in [3.8, 4) is 11.1 Å². The van der Waals surface area contributed by atoms with E-state index in [2.05, 4.69) is 33.0 Å². The standard InChI is InChI=1S/C46H51F2N5O5/c1-2-41(54)50-40(44(56)53-26-24-52(25-27-53)29-32-10-4-3-5-11-32)28-31-16-18-34(19-17-31)49-43(55)42(33-20-22-46(47,48)23-21-33)51-45(57)58-30-39-37-14-8-6-12-35(37)36-13-7-9-15-38(36)39/h3-19,33,39-40,42H,2,20-30H2,1H3,(H,49,55)(H,50,54)(H,51,57)/t40-,42+/m1/s1. The van der Waals surface area contributed by atoms with Crippen LogP contribution in [0.3, 0.4) is 0 Å². The van der Waals surface area contributed by atoms with Gasteiger partial charge in [0.25, 0.3) is 0 Å². The van der Waals surface area contributed by atoms with E-state index in [0.29, 0.717) is 18.8 Å². The molecule has 1 saturated heterocycles. The Morgan fingerprint density at radius 3 is 1.98 bits per heavy atom. The average Bonchev–Trinajstić information content (AvgIpc) is 3.56. The summed E-state index contributed by atoms with van der Waals surface area (Å²) < 4.78 is 34.1. The van der Waals surface area contributed by atoms with Gasteiger partial charge in [0, 0.05) is 70.0 Å². The van der Waals surface area contributed by atoms with E-state index >= 15 is 0 Å². The number of hydrogen-bond donors (Lipinski definition) is 3. The van der Waals surface area contributed by atoms with E-state index in [9.17, 15) is 28.0 Å². The molecule has 2 atom stereocenters. The minimum absolute atomic E-state index is 0.0467. The Bertz CT molecular complexity index is 2020. The maximum atomic E-state index is 14.2. The Balaban J connectivity index is 0.976. The van der Waals surface area contributed by atoms with Crippen LogP contribution in [0.2, 0.25) is 0 Å². The predicted molar refractivity (Wildman–Crippen MR) is 218 cm³/mol. The van der Waals surface area contributed by atoms with Crippen LogP contribution in [0, 0.1) is 5.92 Å². The van der Waals surface area contributed by atoms with E-state index in [1.165, 1.54) is 5.56 Å². The molecule has 1 saturated carbocycles. The topological polar surface area (TPSA) is 120 Å². The number of alkyl halides is 2. The summed E-state index contributed by atoms with van der Waals surface area (Å²) in [6.45, 7) is 5.16. The highest BCUT2D eigenvalue weighted by atomic mass is 19.3. The number of ether oxygens (including phenoxy) is 1. The third-order valence-electron chi connectivity index (χ3n) is 11.7. The van der Waals surface area contributed by atoms with Crippen molar-refractivity contribution in [2.45, 2.75) is 75.9 Å². The first kappa shape index (κ1) is 40.6. The Morgan fingerprint density at radius 2 is 1.36 bits per heavy atom. The summed E-state index contributed by atoms with van der Waals surface area (Å²) in [5.41, 5.74) is 6.69. The molecule has 58 heavy (non-hydrogen) atoms. The number of hydrogen-bond acceptors (Lipinski definition) is 6. The van der Waals surface area contributed by atoms with E-state index in [1.807, 2.05) is 71.6 Å². The number of piperazine rings is 1. The van der Waals surface area contributed by atoms with Gasteiger partial charge in [0.1, 0.15) is 18.7 Å². The van der Waals surface area contributed by atoms with E-state index in [1.54, 1.807) is 31.2 Å². The molecule has 2 fully saturated rings. The van der Waals surface area contributed by atoms with Gasteiger partial charge in [-0.3, -0.25) is 19.3 Å². The van der Waals surface area contributed by atoms with Crippen molar-refractivity contribution in [2.24, 2.45) is 5.92 Å². The number of alkyl carbamates (subject to hydrolysis) is 1. The van der Waals surface area contributed by atoms with Gasteiger partial charge in [-0.15, -0.1) is 0 Å². The molecule has 4 aromatic rings. The van der Waals surface area contributed by atoms with Gasteiger partial charge in [-0.2, -0.15) is 0 Å². The third-order valence-corrected chi connectivity index (χ3v) is 11.7.